The highest BCUT2D eigenvalue weighted by Crippen LogP contribution is 2.25. The van der Waals surface area contributed by atoms with Crippen molar-refractivity contribution in [1.29, 1.82) is 0 Å². The first-order valence-electron chi connectivity index (χ1n) is 7.03. The highest BCUT2D eigenvalue weighted by Gasteiger charge is 2.15. The van der Waals surface area contributed by atoms with Gasteiger partial charge >= 0.3 is 0 Å². The van der Waals surface area contributed by atoms with Crippen molar-refractivity contribution in [3.63, 3.8) is 0 Å². The summed E-state index contributed by atoms with van der Waals surface area (Å²) in [6.07, 6.45) is 2.85. The van der Waals surface area contributed by atoms with E-state index in [4.69, 9.17) is 11.6 Å². The van der Waals surface area contributed by atoms with Crippen LogP contribution in [0.4, 0.5) is 0 Å². The summed E-state index contributed by atoms with van der Waals surface area (Å²) in [7, 11) is 1.92. The van der Waals surface area contributed by atoms with Crippen molar-refractivity contribution in [2.45, 2.75) is 26.5 Å². The fraction of sp³-hybridized carbons (Fsp3) is 0.312. The van der Waals surface area contributed by atoms with Crippen LogP contribution in [0.15, 0.2) is 30.5 Å². The fourth-order valence-electron chi connectivity index (χ4n) is 2.75. The first-order valence-corrected chi connectivity index (χ1v) is 7.41. The molecule has 1 N–H and O–H groups in total. The molecular weight excluding hydrogens is 286 g/mol. The predicted molar refractivity (Wildman–Crippen MR) is 84.6 cm³/mol. The van der Waals surface area contributed by atoms with Crippen molar-refractivity contribution < 1.29 is 5.11 Å². The number of nitrogens with zero attached hydrogens (tertiary/aromatic N) is 3. The van der Waals surface area contributed by atoms with Gasteiger partial charge in [-0.25, -0.2) is 0 Å². The van der Waals surface area contributed by atoms with Gasteiger partial charge in [-0.1, -0.05) is 36.7 Å². The average molecular weight is 304 g/mol. The van der Waals surface area contributed by atoms with Crippen LogP contribution in [0.5, 0.6) is 0 Å². The van der Waals surface area contributed by atoms with Crippen LogP contribution < -0.4 is 0 Å². The van der Waals surface area contributed by atoms with E-state index >= 15 is 0 Å². The maximum atomic E-state index is 9.54. The van der Waals surface area contributed by atoms with Gasteiger partial charge in [0.2, 0.25) is 0 Å². The number of aliphatic hydroxyl groups excluding tert-OH is 1. The molecule has 0 aliphatic rings. The number of halogens is 1. The second-order valence-corrected chi connectivity index (χ2v) is 5.52. The molecule has 3 aromatic rings. The third-order valence-electron chi connectivity index (χ3n) is 3.87. The number of para-hydroxylation sites is 1. The normalized spacial score (nSPS) is 11.4. The Morgan fingerprint density at radius 2 is 2.10 bits per heavy atom. The highest BCUT2D eigenvalue weighted by atomic mass is 35.5. The summed E-state index contributed by atoms with van der Waals surface area (Å²) >= 11 is 6.43. The monoisotopic (exact) mass is 303 g/mol. The number of aliphatic hydroxyl groups is 1. The van der Waals surface area contributed by atoms with E-state index in [0.29, 0.717) is 6.54 Å². The lowest BCUT2D eigenvalue weighted by Gasteiger charge is -2.09. The molecule has 3 rings (SSSR count). The van der Waals surface area contributed by atoms with Crippen LogP contribution in [-0.4, -0.2) is 19.5 Å². The van der Waals surface area contributed by atoms with Gasteiger partial charge in [-0.3, -0.25) is 4.68 Å². The Morgan fingerprint density at radius 3 is 2.76 bits per heavy atom. The van der Waals surface area contributed by atoms with Crippen LogP contribution in [0.25, 0.3) is 10.9 Å². The number of hydrogen-bond acceptors (Lipinski definition) is 2. The van der Waals surface area contributed by atoms with Gasteiger partial charge in [0.25, 0.3) is 0 Å². The summed E-state index contributed by atoms with van der Waals surface area (Å²) in [6, 6.07) is 8.01. The van der Waals surface area contributed by atoms with Gasteiger partial charge in [-0.05, 0) is 17.9 Å². The molecule has 4 nitrogen and oxygen atoms in total. The van der Waals surface area contributed by atoms with Crippen LogP contribution in [0.2, 0.25) is 5.02 Å². The number of rotatable bonds is 4. The first-order chi connectivity index (χ1) is 10.2. The van der Waals surface area contributed by atoms with Crippen molar-refractivity contribution in [1.82, 2.24) is 14.3 Å². The topological polar surface area (TPSA) is 43.0 Å². The van der Waals surface area contributed by atoms with Gasteiger partial charge in [0.05, 0.1) is 35.1 Å². The fourth-order valence-corrected chi connectivity index (χ4v) is 3.11. The van der Waals surface area contributed by atoms with Crippen LogP contribution in [0, 0.1) is 0 Å². The van der Waals surface area contributed by atoms with Gasteiger partial charge in [0, 0.05) is 18.8 Å². The summed E-state index contributed by atoms with van der Waals surface area (Å²) in [6.45, 7) is 2.72. The summed E-state index contributed by atoms with van der Waals surface area (Å²) < 4.78 is 3.96. The van der Waals surface area contributed by atoms with E-state index in [2.05, 4.69) is 15.7 Å². The van der Waals surface area contributed by atoms with E-state index < -0.39 is 0 Å². The van der Waals surface area contributed by atoms with Gasteiger partial charge in [-0.15, -0.1) is 0 Å². The number of aryl methyl sites for hydroxylation is 2. The van der Waals surface area contributed by atoms with Gasteiger partial charge in [0.15, 0.2) is 0 Å². The molecule has 0 amide bonds. The van der Waals surface area contributed by atoms with Crippen LogP contribution in [-0.2, 0) is 26.6 Å². The maximum absolute atomic E-state index is 9.54. The van der Waals surface area contributed by atoms with Gasteiger partial charge in [-0.2, -0.15) is 5.10 Å². The van der Waals surface area contributed by atoms with Crippen molar-refractivity contribution in [3.05, 3.63) is 52.4 Å². The summed E-state index contributed by atoms with van der Waals surface area (Å²) in [5, 5.41) is 15.9. The lowest BCUT2D eigenvalue weighted by Crippen LogP contribution is -2.06. The smallest absolute Gasteiger partial charge is 0.0868 e. The zero-order valence-corrected chi connectivity index (χ0v) is 12.9. The van der Waals surface area contributed by atoms with Crippen LogP contribution in [0.1, 0.15) is 23.9 Å². The van der Waals surface area contributed by atoms with E-state index in [9.17, 15) is 5.11 Å². The Morgan fingerprint density at radius 1 is 1.29 bits per heavy atom. The van der Waals surface area contributed by atoms with Crippen molar-refractivity contribution in [2.24, 2.45) is 7.05 Å². The quantitative estimate of drug-likeness (QED) is 0.804. The molecule has 2 heterocycles. The SMILES string of the molecule is CCc1nn(C)c(Cn2ccc3cccc(CO)c32)c1Cl. The molecule has 0 fully saturated rings. The number of hydrogen-bond donors (Lipinski definition) is 1. The second kappa shape index (κ2) is 5.54. The molecule has 1 aromatic carbocycles. The molecule has 0 aliphatic carbocycles. The molecule has 5 heteroatoms. The number of benzene rings is 1. The molecule has 2 aromatic heterocycles. The summed E-state index contributed by atoms with van der Waals surface area (Å²) in [4.78, 5) is 0. The molecule has 0 bridgehead atoms. The minimum atomic E-state index is 0.0285. The lowest BCUT2D eigenvalue weighted by atomic mass is 10.1. The minimum absolute atomic E-state index is 0.0285. The molecule has 0 aliphatic heterocycles. The minimum Gasteiger partial charge on any atom is -0.392 e. The molecule has 0 radical (unpaired) electrons. The largest absolute Gasteiger partial charge is 0.392 e. The van der Waals surface area contributed by atoms with Crippen molar-refractivity contribution in [3.8, 4) is 0 Å². The second-order valence-electron chi connectivity index (χ2n) is 5.14. The third kappa shape index (κ3) is 2.34. The zero-order valence-electron chi connectivity index (χ0n) is 12.2. The molecule has 21 heavy (non-hydrogen) atoms. The molecular formula is C16H18ClN3O. The summed E-state index contributed by atoms with van der Waals surface area (Å²) in [5.74, 6) is 0. The third-order valence-corrected chi connectivity index (χ3v) is 4.30. The van der Waals surface area contributed by atoms with Crippen molar-refractivity contribution >= 4 is 22.5 Å². The van der Waals surface area contributed by atoms with E-state index in [1.807, 2.05) is 43.0 Å². The molecule has 0 atom stereocenters. The Kier molecular flexibility index (Phi) is 3.74. The molecule has 110 valence electrons. The highest BCUT2D eigenvalue weighted by molar-refractivity contribution is 6.31. The Labute approximate surface area is 128 Å². The maximum Gasteiger partial charge on any atom is 0.0868 e. The van der Waals surface area contributed by atoms with E-state index in [1.54, 1.807) is 0 Å². The molecule has 0 spiro atoms. The van der Waals surface area contributed by atoms with Gasteiger partial charge < -0.3 is 9.67 Å². The number of aromatic nitrogens is 3. The zero-order chi connectivity index (χ0) is 15.0. The summed E-state index contributed by atoms with van der Waals surface area (Å²) in [5.41, 5.74) is 3.88. The van der Waals surface area contributed by atoms with Crippen LogP contribution >= 0.6 is 11.6 Å². The van der Waals surface area contributed by atoms with Crippen LogP contribution in [0.3, 0.4) is 0 Å². The van der Waals surface area contributed by atoms with Gasteiger partial charge in [0.1, 0.15) is 0 Å². The lowest BCUT2D eigenvalue weighted by molar-refractivity contribution is 0.283. The molecule has 0 unspecified atom stereocenters. The Bertz CT molecular complexity index is 788. The number of fused-ring (bicyclic) bond motifs is 1. The van der Waals surface area contributed by atoms with E-state index in [-0.39, 0.29) is 6.61 Å². The Balaban J connectivity index is 2.09. The first kappa shape index (κ1) is 14.2. The molecule has 0 saturated heterocycles. The standard InChI is InChI=1S/C16H18ClN3O/c1-3-13-15(17)14(19(2)18-13)9-20-8-7-11-5-4-6-12(10-21)16(11)20/h4-8,21H,3,9-10H2,1-2H3. The van der Waals surface area contributed by atoms with Crippen molar-refractivity contribution in [2.75, 3.05) is 0 Å². The average Bonchev–Trinajstić information content (AvgIpc) is 3.03. The Hall–Kier alpha value is -1.78. The van der Waals surface area contributed by atoms with E-state index in [0.717, 1.165) is 39.3 Å². The van der Waals surface area contributed by atoms with E-state index in [1.165, 1.54) is 0 Å². The molecule has 0 saturated carbocycles. The predicted octanol–water partition coefficient (Wildman–Crippen LogP) is 3.13.